The van der Waals surface area contributed by atoms with Crippen LogP contribution in [0.4, 0.5) is 0 Å². The van der Waals surface area contributed by atoms with Crippen LogP contribution in [0.25, 0.3) is 17.0 Å². The van der Waals surface area contributed by atoms with Crippen molar-refractivity contribution in [2.75, 3.05) is 0 Å². The first-order valence-electron chi connectivity index (χ1n) is 8.27. The lowest BCUT2D eigenvalue weighted by atomic mass is 9.95. The Labute approximate surface area is 146 Å². The van der Waals surface area contributed by atoms with Gasteiger partial charge in [-0.15, -0.1) is 0 Å². The third kappa shape index (κ3) is 3.25. The van der Waals surface area contributed by atoms with E-state index in [1.165, 1.54) is 0 Å². The first kappa shape index (κ1) is 17.5. The summed E-state index contributed by atoms with van der Waals surface area (Å²) in [4.78, 5) is 17.0. The second-order valence-electron chi connectivity index (χ2n) is 7.17. The summed E-state index contributed by atoms with van der Waals surface area (Å²) >= 11 is 0. The van der Waals surface area contributed by atoms with Crippen LogP contribution in [0, 0.1) is 0 Å². The molecule has 0 fully saturated rings. The van der Waals surface area contributed by atoms with Gasteiger partial charge in [0.25, 0.3) is 5.56 Å². The number of para-hydroxylation sites is 1. The Balaban J connectivity index is 2.00. The number of hydrogen-bond acceptors (Lipinski definition) is 4. The van der Waals surface area contributed by atoms with Gasteiger partial charge in [0, 0.05) is 18.9 Å². The summed E-state index contributed by atoms with van der Waals surface area (Å²) in [6.45, 7) is 5.49. The first-order valence-corrected chi connectivity index (χ1v) is 8.27. The third-order valence-electron chi connectivity index (χ3n) is 4.51. The standard InChI is InChI=1S/C20H23NO4/c1-19(2,25-23)11-7-12-20(3)13-10-15-17(24-20)14-8-5-6-9-16(14)21(4)18(15)22/h5-11,13,23H,12H2,1-4H3/b11-7+. The molecule has 132 valence electrons. The van der Waals surface area contributed by atoms with Crippen LogP contribution in [-0.2, 0) is 11.9 Å². The molecular formula is C20H23NO4. The quantitative estimate of drug-likeness (QED) is 0.520. The molecule has 1 N–H and O–H groups in total. The second-order valence-corrected chi connectivity index (χ2v) is 7.17. The number of fused-ring (bicyclic) bond motifs is 3. The van der Waals surface area contributed by atoms with E-state index in [1.807, 2.05) is 49.4 Å². The SMILES string of the molecule is Cn1c(=O)c2c(c3ccccc31)OC(C)(C/C=C/C(C)(C)OO)C=C2. The van der Waals surface area contributed by atoms with Gasteiger partial charge in [-0.2, -0.15) is 0 Å². The molecule has 1 aliphatic heterocycles. The lowest BCUT2D eigenvalue weighted by molar-refractivity contribution is -0.297. The van der Waals surface area contributed by atoms with Gasteiger partial charge in [0.15, 0.2) is 0 Å². The molecule has 1 atom stereocenters. The molecule has 1 aromatic heterocycles. The number of nitrogens with zero attached hydrogens (tertiary/aromatic N) is 1. The van der Waals surface area contributed by atoms with Crippen molar-refractivity contribution in [3.05, 3.63) is 58.4 Å². The molecule has 1 aromatic carbocycles. The van der Waals surface area contributed by atoms with E-state index in [4.69, 9.17) is 9.99 Å². The predicted molar refractivity (Wildman–Crippen MR) is 98.8 cm³/mol. The van der Waals surface area contributed by atoms with Crippen LogP contribution in [0.2, 0.25) is 0 Å². The highest BCUT2D eigenvalue weighted by atomic mass is 17.1. The zero-order valence-corrected chi connectivity index (χ0v) is 14.9. The fourth-order valence-corrected chi connectivity index (χ4v) is 2.99. The van der Waals surface area contributed by atoms with Gasteiger partial charge >= 0.3 is 0 Å². The lowest BCUT2D eigenvalue weighted by Gasteiger charge is -2.32. The Morgan fingerprint density at radius 2 is 2.08 bits per heavy atom. The molecule has 5 heteroatoms. The maximum Gasteiger partial charge on any atom is 0.261 e. The summed E-state index contributed by atoms with van der Waals surface area (Å²) in [5.74, 6) is 0.620. The summed E-state index contributed by atoms with van der Waals surface area (Å²) in [5, 5.41) is 9.78. The van der Waals surface area contributed by atoms with Crippen LogP contribution >= 0.6 is 0 Å². The van der Waals surface area contributed by atoms with E-state index in [9.17, 15) is 4.79 Å². The summed E-state index contributed by atoms with van der Waals surface area (Å²) in [5.41, 5.74) is 0.00714. The zero-order valence-electron chi connectivity index (χ0n) is 14.9. The molecule has 1 unspecified atom stereocenters. The van der Waals surface area contributed by atoms with E-state index in [0.29, 0.717) is 17.7 Å². The van der Waals surface area contributed by atoms with Crippen molar-refractivity contribution < 1.29 is 14.9 Å². The van der Waals surface area contributed by atoms with Gasteiger partial charge in [-0.1, -0.05) is 24.3 Å². The van der Waals surface area contributed by atoms with Crippen molar-refractivity contribution in [3.8, 4) is 5.75 Å². The summed E-state index contributed by atoms with van der Waals surface area (Å²) in [6.07, 6.45) is 8.03. The smallest absolute Gasteiger partial charge is 0.261 e. The molecule has 3 rings (SSSR count). The Bertz CT molecular complexity index is 923. The average molecular weight is 341 g/mol. The number of ether oxygens (including phenoxy) is 1. The van der Waals surface area contributed by atoms with Crippen LogP contribution in [0.1, 0.15) is 32.8 Å². The van der Waals surface area contributed by atoms with Crippen molar-refractivity contribution in [2.24, 2.45) is 7.05 Å². The average Bonchev–Trinajstić information content (AvgIpc) is 2.59. The van der Waals surface area contributed by atoms with Crippen molar-refractivity contribution in [1.29, 1.82) is 0 Å². The normalized spacial score (nSPS) is 20.0. The van der Waals surface area contributed by atoms with Gasteiger partial charge < -0.3 is 9.30 Å². The van der Waals surface area contributed by atoms with Gasteiger partial charge in [-0.05, 0) is 45.1 Å². The van der Waals surface area contributed by atoms with Crippen molar-refractivity contribution in [3.63, 3.8) is 0 Å². The van der Waals surface area contributed by atoms with Crippen LogP contribution < -0.4 is 10.3 Å². The minimum atomic E-state index is -0.755. The molecule has 25 heavy (non-hydrogen) atoms. The highest BCUT2D eigenvalue weighted by molar-refractivity contribution is 5.89. The number of benzene rings is 1. The molecule has 2 aromatic rings. The second kappa shape index (κ2) is 6.17. The molecule has 0 saturated heterocycles. The maximum absolute atomic E-state index is 12.6. The molecule has 0 amide bonds. The van der Waals surface area contributed by atoms with E-state index in [0.717, 1.165) is 10.9 Å². The maximum atomic E-state index is 12.6. The van der Waals surface area contributed by atoms with Gasteiger partial charge in [-0.3, -0.25) is 10.1 Å². The van der Waals surface area contributed by atoms with Crippen molar-refractivity contribution in [1.82, 2.24) is 4.57 Å². The molecule has 0 saturated carbocycles. The Morgan fingerprint density at radius 3 is 2.80 bits per heavy atom. The number of aryl methyl sites for hydroxylation is 1. The molecule has 0 spiro atoms. The minimum absolute atomic E-state index is 0.0719. The number of aromatic nitrogens is 1. The molecule has 0 bridgehead atoms. The summed E-state index contributed by atoms with van der Waals surface area (Å²) in [6, 6.07) is 7.72. The summed E-state index contributed by atoms with van der Waals surface area (Å²) < 4.78 is 7.91. The Kier molecular flexibility index (Phi) is 4.31. The van der Waals surface area contributed by atoms with E-state index >= 15 is 0 Å². The van der Waals surface area contributed by atoms with Gasteiger partial charge in [-0.25, -0.2) is 4.89 Å². The molecule has 0 aliphatic carbocycles. The monoisotopic (exact) mass is 341 g/mol. The highest BCUT2D eigenvalue weighted by Gasteiger charge is 2.29. The van der Waals surface area contributed by atoms with E-state index in [1.54, 1.807) is 31.5 Å². The Morgan fingerprint density at radius 1 is 1.36 bits per heavy atom. The van der Waals surface area contributed by atoms with Gasteiger partial charge in [0.1, 0.15) is 17.0 Å². The van der Waals surface area contributed by atoms with Crippen LogP contribution in [0.3, 0.4) is 0 Å². The largest absolute Gasteiger partial charge is 0.482 e. The third-order valence-corrected chi connectivity index (χ3v) is 4.51. The highest BCUT2D eigenvalue weighted by Crippen LogP contribution is 2.36. The minimum Gasteiger partial charge on any atom is -0.482 e. The Hall–Kier alpha value is -2.37. The van der Waals surface area contributed by atoms with E-state index < -0.39 is 11.2 Å². The zero-order chi connectivity index (χ0) is 18.2. The first-order chi connectivity index (χ1) is 11.8. The fourth-order valence-electron chi connectivity index (χ4n) is 2.99. The predicted octanol–water partition coefficient (Wildman–Crippen LogP) is 3.92. The van der Waals surface area contributed by atoms with Crippen LogP contribution in [-0.4, -0.2) is 21.0 Å². The fraction of sp³-hybridized carbons (Fsp3) is 0.350. The molecular weight excluding hydrogens is 318 g/mol. The van der Waals surface area contributed by atoms with Crippen LogP contribution in [0.15, 0.2) is 47.3 Å². The van der Waals surface area contributed by atoms with E-state index in [2.05, 4.69) is 4.89 Å². The number of hydrogen-bond donors (Lipinski definition) is 1. The summed E-state index contributed by atoms with van der Waals surface area (Å²) in [7, 11) is 1.77. The molecule has 5 nitrogen and oxygen atoms in total. The number of pyridine rings is 1. The van der Waals surface area contributed by atoms with Crippen LogP contribution in [0.5, 0.6) is 5.75 Å². The number of rotatable bonds is 4. The van der Waals surface area contributed by atoms with Crippen molar-refractivity contribution in [2.45, 2.75) is 38.4 Å². The topological polar surface area (TPSA) is 60.7 Å². The lowest BCUT2D eigenvalue weighted by Crippen LogP contribution is -2.34. The molecule has 2 heterocycles. The van der Waals surface area contributed by atoms with Gasteiger partial charge in [0.05, 0.1) is 11.1 Å². The van der Waals surface area contributed by atoms with E-state index in [-0.39, 0.29) is 5.56 Å². The molecule has 1 aliphatic rings. The molecule has 0 radical (unpaired) electrons. The van der Waals surface area contributed by atoms with Gasteiger partial charge in [0.2, 0.25) is 0 Å². The van der Waals surface area contributed by atoms with Crippen molar-refractivity contribution >= 4 is 17.0 Å².